The Morgan fingerprint density at radius 1 is 0.870 bits per heavy atom. The third-order valence-corrected chi connectivity index (χ3v) is 5.59. The highest BCUT2D eigenvalue weighted by molar-refractivity contribution is 7.82. The van der Waals surface area contributed by atoms with Gasteiger partial charge in [-0.3, -0.25) is 0 Å². The van der Waals surface area contributed by atoms with Crippen LogP contribution in [0.3, 0.4) is 0 Å². The SMILES string of the molecule is CCC(C)CCCCCCCCCC(C)CC1(O)OS(=O)(=O)O1. The largest absolute Gasteiger partial charge is 0.409 e. The Morgan fingerprint density at radius 3 is 1.74 bits per heavy atom. The Hall–Kier alpha value is -0.170. The van der Waals surface area contributed by atoms with Gasteiger partial charge in [-0.1, -0.05) is 85.0 Å². The van der Waals surface area contributed by atoms with Gasteiger partial charge in [0.25, 0.3) is 0 Å². The summed E-state index contributed by atoms with van der Waals surface area (Å²) >= 11 is 0. The first-order chi connectivity index (χ1) is 10.8. The van der Waals surface area contributed by atoms with Crippen molar-refractivity contribution in [2.75, 3.05) is 0 Å². The second-order valence-electron chi connectivity index (χ2n) is 7.16. The van der Waals surface area contributed by atoms with Gasteiger partial charge >= 0.3 is 16.4 Å². The molecule has 1 heterocycles. The van der Waals surface area contributed by atoms with Gasteiger partial charge in [-0.15, -0.1) is 0 Å². The van der Waals surface area contributed by atoms with Crippen LogP contribution >= 0.6 is 0 Å². The van der Waals surface area contributed by atoms with Gasteiger partial charge in [-0.2, -0.15) is 16.8 Å². The van der Waals surface area contributed by atoms with E-state index >= 15 is 0 Å². The molecular weight excluding hydrogens is 316 g/mol. The zero-order valence-corrected chi connectivity index (χ0v) is 15.7. The second-order valence-corrected chi connectivity index (χ2v) is 8.31. The van der Waals surface area contributed by atoms with Crippen LogP contribution in [0.4, 0.5) is 0 Å². The molecule has 23 heavy (non-hydrogen) atoms. The number of hydrogen-bond donors (Lipinski definition) is 1. The molecule has 0 aromatic rings. The summed E-state index contributed by atoms with van der Waals surface area (Å²) in [6.45, 7) is 6.56. The smallest absolute Gasteiger partial charge is 0.342 e. The van der Waals surface area contributed by atoms with E-state index < -0.39 is 16.4 Å². The van der Waals surface area contributed by atoms with Crippen molar-refractivity contribution < 1.29 is 21.9 Å². The molecule has 0 aromatic heterocycles. The van der Waals surface area contributed by atoms with Gasteiger partial charge in [0.15, 0.2) is 0 Å². The second kappa shape index (κ2) is 9.97. The molecule has 2 atom stereocenters. The van der Waals surface area contributed by atoms with Crippen molar-refractivity contribution >= 4 is 10.4 Å². The van der Waals surface area contributed by atoms with Crippen molar-refractivity contribution in [2.45, 2.75) is 97.4 Å². The Labute approximate surface area is 142 Å². The van der Waals surface area contributed by atoms with Crippen molar-refractivity contribution in [3.05, 3.63) is 0 Å². The van der Waals surface area contributed by atoms with Gasteiger partial charge in [-0.05, 0) is 11.8 Å². The zero-order chi connectivity index (χ0) is 17.3. The summed E-state index contributed by atoms with van der Waals surface area (Å²) in [7, 11) is -3.93. The summed E-state index contributed by atoms with van der Waals surface area (Å²) in [6.07, 6.45) is 12.6. The van der Waals surface area contributed by atoms with Crippen LogP contribution in [0.2, 0.25) is 0 Å². The summed E-state index contributed by atoms with van der Waals surface area (Å²) in [4.78, 5) is 0. The van der Waals surface area contributed by atoms with Gasteiger partial charge in [0.1, 0.15) is 0 Å². The summed E-state index contributed by atoms with van der Waals surface area (Å²) in [5, 5.41) is 9.67. The summed E-state index contributed by atoms with van der Waals surface area (Å²) in [6, 6.07) is 0. The molecule has 1 fully saturated rings. The molecule has 6 heteroatoms. The third kappa shape index (κ3) is 9.03. The average Bonchev–Trinajstić information content (AvgIpc) is 2.42. The molecule has 0 aromatic carbocycles. The highest BCUT2D eigenvalue weighted by Crippen LogP contribution is 2.35. The van der Waals surface area contributed by atoms with Gasteiger partial charge in [0.05, 0.1) is 0 Å². The molecule has 0 spiro atoms. The van der Waals surface area contributed by atoms with Crippen molar-refractivity contribution in [1.82, 2.24) is 0 Å². The average molecular weight is 351 g/mol. The van der Waals surface area contributed by atoms with Crippen molar-refractivity contribution in [1.29, 1.82) is 0 Å². The van der Waals surface area contributed by atoms with E-state index in [1.165, 1.54) is 51.4 Å². The van der Waals surface area contributed by atoms with E-state index in [4.69, 9.17) is 0 Å². The fourth-order valence-electron chi connectivity index (χ4n) is 3.01. The fourth-order valence-corrected chi connectivity index (χ4v) is 3.80. The predicted octanol–water partition coefficient (Wildman–Crippen LogP) is 4.51. The highest BCUT2D eigenvalue weighted by Gasteiger charge is 2.51. The molecule has 0 aliphatic carbocycles. The maximum Gasteiger partial charge on any atom is 0.409 e. The lowest BCUT2D eigenvalue weighted by Gasteiger charge is -2.35. The molecule has 5 nitrogen and oxygen atoms in total. The van der Waals surface area contributed by atoms with E-state index in [2.05, 4.69) is 22.2 Å². The Kier molecular flexibility index (Phi) is 9.04. The minimum atomic E-state index is -3.93. The quantitative estimate of drug-likeness (QED) is 0.495. The number of rotatable bonds is 13. The molecule has 0 radical (unpaired) electrons. The van der Waals surface area contributed by atoms with Crippen LogP contribution in [-0.2, 0) is 18.8 Å². The van der Waals surface area contributed by atoms with E-state index in [1.807, 2.05) is 6.92 Å². The maximum atomic E-state index is 10.7. The monoisotopic (exact) mass is 350 g/mol. The summed E-state index contributed by atoms with van der Waals surface area (Å²) in [5.41, 5.74) is 0. The van der Waals surface area contributed by atoms with Crippen LogP contribution in [0.1, 0.15) is 91.4 Å². The van der Waals surface area contributed by atoms with Crippen LogP contribution < -0.4 is 0 Å². The van der Waals surface area contributed by atoms with Crippen LogP contribution in [0.15, 0.2) is 0 Å². The first kappa shape index (κ1) is 20.9. The van der Waals surface area contributed by atoms with E-state index in [-0.39, 0.29) is 12.3 Å². The number of hydrogen-bond acceptors (Lipinski definition) is 5. The molecule has 1 N–H and O–H groups in total. The molecule has 138 valence electrons. The van der Waals surface area contributed by atoms with E-state index in [0.29, 0.717) is 0 Å². The molecule has 2 unspecified atom stereocenters. The lowest BCUT2D eigenvalue weighted by Crippen LogP contribution is -2.51. The highest BCUT2D eigenvalue weighted by atomic mass is 32.3. The van der Waals surface area contributed by atoms with Gasteiger partial charge in [-0.25, -0.2) is 0 Å². The lowest BCUT2D eigenvalue weighted by molar-refractivity contribution is -0.333. The van der Waals surface area contributed by atoms with Gasteiger partial charge in [0, 0.05) is 6.42 Å². The minimum absolute atomic E-state index is 0.172. The lowest BCUT2D eigenvalue weighted by atomic mass is 9.97. The van der Waals surface area contributed by atoms with Crippen LogP contribution in [-0.4, -0.2) is 19.5 Å². The molecule has 1 saturated heterocycles. The zero-order valence-electron chi connectivity index (χ0n) is 14.9. The Morgan fingerprint density at radius 2 is 1.30 bits per heavy atom. The van der Waals surface area contributed by atoms with Gasteiger partial charge in [0.2, 0.25) is 0 Å². The molecule has 1 aliphatic heterocycles. The molecular formula is C17H34O5S. The van der Waals surface area contributed by atoms with E-state index in [0.717, 1.165) is 18.8 Å². The standard InChI is InChI=1S/C17H34O5S/c1-4-15(2)12-10-8-6-5-7-9-11-13-16(3)14-17(18)21-23(19,20)22-17/h15-16,18H,4-14H2,1-3H3. The maximum absolute atomic E-state index is 10.7. The minimum Gasteiger partial charge on any atom is -0.342 e. The number of aliphatic hydroxyl groups is 1. The third-order valence-electron chi connectivity index (χ3n) is 4.66. The molecule has 0 amide bonds. The topological polar surface area (TPSA) is 72.8 Å². The molecule has 1 rings (SSSR count). The van der Waals surface area contributed by atoms with Crippen molar-refractivity contribution in [2.24, 2.45) is 11.8 Å². The van der Waals surface area contributed by atoms with Crippen molar-refractivity contribution in [3.63, 3.8) is 0 Å². The van der Waals surface area contributed by atoms with E-state index in [9.17, 15) is 13.5 Å². The molecule has 1 aliphatic rings. The molecule has 0 saturated carbocycles. The van der Waals surface area contributed by atoms with E-state index in [1.54, 1.807) is 0 Å². The summed E-state index contributed by atoms with van der Waals surface area (Å²) < 4.78 is 30.3. The Bertz CT molecular complexity index is 409. The normalized spacial score (nSPS) is 21.6. The predicted molar refractivity (Wildman–Crippen MR) is 90.8 cm³/mol. The molecule has 0 bridgehead atoms. The Balaban J connectivity index is 1.91. The van der Waals surface area contributed by atoms with Crippen molar-refractivity contribution in [3.8, 4) is 0 Å². The first-order valence-corrected chi connectivity index (χ1v) is 10.5. The first-order valence-electron chi connectivity index (χ1n) is 9.15. The number of unbranched alkanes of at least 4 members (excludes halogenated alkanes) is 6. The van der Waals surface area contributed by atoms with Crippen LogP contribution in [0.25, 0.3) is 0 Å². The fraction of sp³-hybridized carbons (Fsp3) is 1.00. The van der Waals surface area contributed by atoms with Gasteiger partial charge < -0.3 is 5.11 Å². The van der Waals surface area contributed by atoms with Crippen LogP contribution in [0.5, 0.6) is 0 Å². The van der Waals surface area contributed by atoms with Crippen LogP contribution in [0, 0.1) is 11.8 Å². The summed E-state index contributed by atoms with van der Waals surface area (Å²) in [5.74, 6) is -0.885.